The second-order valence-electron chi connectivity index (χ2n) is 6.03. The molecule has 4 nitrogen and oxygen atoms in total. The molecule has 0 aliphatic heterocycles. The second kappa shape index (κ2) is 5.05. The van der Waals surface area contributed by atoms with Crippen molar-refractivity contribution >= 4 is 9.84 Å². The van der Waals surface area contributed by atoms with Crippen LogP contribution in [0.25, 0.3) is 0 Å². The summed E-state index contributed by atoms with van der Waals surface area (Å²) < 4.78 is 26.1. The van der Waals surface area contributed by atoms with Gasteiger partial charge in [-0.1, -0.05) is 45.0 Å². The number of rotatable bonds is 3. The van der Waals surface area contributed by atoms with Crippen LogP contribution in [0.15, 0.2) is 41.8 Å². The molecule has 2 rings (SSSR count). The Morgan fingerprint density at radius 1 is 1.15 bits per heavy atom. The Morgan fingerprint density at radius 3 is 2.20 bits per heavy atom. The van der Waals surface area contributed by atoms with Crippen molar-refractivity contribution in [2.24, 2.45) is 7.05 Å². The van der Waals surface area contributed by atoms with E-state index in [9.17, 15) is 8.42 Å². The van der Waals surface area contributed by atoms with Gasteiger partial charge in [-0.3, -0.25) is 0 Å². The predicted molar refractivity (Wildman–Crippen MR) is 79.2 cm³/mol. The van der Waals surface area contributed by atoms with Crippen LogP contribution in [-0.2, 0) is 28.1 Å². The Balaban J connectivity index is 2.25. The molecule has 0 spiro atoms. The van der Waals surface area contributed by atoms with Crippen molar-refractivity contribution in [3.8, 4) is 0 Å². The summed E-state index contributed by atoms with van der Waals surface area (Å²) in [5.41, 5.74) is 2.04. The zero-order valence-corrected chi connectivity index (χ0v) is 13.1. The Morgan fingerprint density at radius 2 is 1.75 bits per heavy atom. The SMILES string of the molecule is Cn1ccnc1S(=O)(=O)Cc1ccc(C(C)(C)C)cc1. The number of hydrogen-bond acceptors (Lipinski definition) is 3. The lowest BCUT2D eigenvalue weighted by Gasteiger charge is -2.19. The molecule has 0 saturated heterocycles. The maximum atomic E-state index is 12.3. The number of sulfone groups is 1. The van der Waals surface area contributed by atoms with Crippen LogP contribution in [0, 0.1) is 0 Å². The molecule has 0 saturated carbocycles. The highest BCUT2D eigenvalue weighted by molar-refractivity contribution is 7.90. The van der Waals surface area contributed by atoms with E-state index in [0.717, 1.165) is 5.56 Å². The van der Waals surface area contributed by atoms with E-state index in [-0.39, 0.29) is 16.3 Å². The number of nitrogens with zero attached hydrogens (tertiary/aromatic N) is 2. The molecule has 1 aromatic heterocycles. The van der Waals surface area contributed by atoms with E-state index in [1.165, 1.54) is 16.3 Å². The van der Waals surface area contributed by atoms with Gasteiger partial charge in [0.1, 0.15) is 0 Å². The fraction of sp³-hybridized carbons (Fsp3) is 0.400. The molecule has 1 aromatic carbocycles. The molecule has 0 unspecified atom stereocenters. The van der Waals surface area contributed by atoms with Gasteiger partial charge in [0.25, 0.3) is 0 Å². The van der Waals surface area contributed by atoms with E-state index in [1.807, 2.05) is 24.3 Å². The van der Waals surface area contributed by atoms with Crippen LogP contribution >= 0.6 is 0 Å². The monoisotopic (exact) mass is 292 g/mol. The molecule has 0 N–H and O–H groups in total. The molecule has 5 heteroatoms. The van der Waals surface area contributed by atoms with Crippen molar-refractivity contribution in [1.29, 1.82) is 0 Å². The normalized spacial score (nSPS) is 12.6. The average Bonchev–Trinajstić information content (AvgIpc) is 2.75. The van der Waals surface area contributed by atoms with E-state index >= 15 is 0 Å². The van der Waals surface area contributed by atoms with Gasteiger partial charge < -0.3 is 4.57 Å². The van der Waals surface area contributed by atoms with Gasteiger partial charge in [-0.2, -0.15) is 0 Å². The van der Waals surface area contributed by atoms with E-state index in [1.54, 1.807) is 13.2 Å². The molecule has 0 bridgehead atoms. The van der Waals surface area contributed by atoms with Gasteiger partial charge >= 0.3 is 0 Å². The van der Waals surface area contributed by atoms with E-state index in [0.29, 0.717) is 0 Å². The number of benzene rings is 1. The minimum absolute atomic E-state index is 0.0255. The highest BCUT2D eigenvalue weighted by Crippen LogP contribution is 2.23. The van der Waals surface area contributed by atoms with Gasteiger partial charge in [-0.15, -0.1) is 0 Å². The Hall–Kier alpha value is -1.62. The van der Waals surface area contributed by atoms with Crippen molar-refractivity contribution in [3.63, 3.8) is 0 Å². The Bertz CT molecular complexity index is 692. The van der Waals surface area contributed by atoms with E-state index in [2.05, 4.69) is 25.8 Å². The summed E-state index contributed by atoms with van der Waals surface area (Å²) in [4.78, 5) is 3.92. The molecule has 1 heterocycles. The van der Waals surface area contributed by atoms with Crippen molar-refractivity contribution in [2.45, 2.75) is 37.1 Å². The summed E-state index contributed by atoms with van der Waals surface area (Å²) >= 11 is 0. The zero-order chi connectivity index (χ0) is 15.0. The summed E-state index contributed by atoms with van der Waals surface area (Å²) in [6.07, 6.45) is 3.13. The quantitative estimate of drug-likeness (QED) is 0.874. The third-order valence-corrected chi connectivity index (χ3v) is 4.89. The van der Waals surface area contributed by atoms with Gasteiger partial charge in [0.15, 0.2) is 0 Å². The van der Waals surface area contributed by atoms with Crippen LogP contribution in [0.2, 0.25) is 0 Å². The highest BCUT2D eigenvalue weighted by atomic mass is 32.2. The molecular weight excluding hydrogens is 272 g/mol. The smallest absolute Gasteiger partial charge is 0.227 e. The number of imidazole rings is 1. The maximum absolute atomic E-state index is 12.3. The lowest BCUT2D eigenvalue weighted by molar-refractivity contribution is 0.578. The van der Waals surface area contributed by atoms with Gasteiger partial charge in [-0.05, 0) is 16.5 Å². The van der Waals surface area contributed by atoms with Crippen LogP contribution in [0.5, 0.6) is 0 Å². The number of aryl methyl sites for hydroxylation is 1. The summed E-state index contributed by atoms with van der Waals surface area (Å²) in [5, 5.41) is 0.109. The predicted octanol–water partition coefficient (Wildman–Crippen LogP) is 2.69. The average molecular weight is 292 g/mol. The topological polar surface area (TPSA) is 52.0 Å². The van der Waals surface area contributed by atoms with Crippen molar-refractivity contribution in [2.75, 3.05) is 0 Å². The summed E-state index contributed by atoms with van der Waals surface area (Å²) in [7, 11) is -1.71. The molecule has 0 radical (unpaired) electrons. The van der Waals surface area contributed by atoms with Crippen molar-refractivity contribution < 1.29 is 8.42 Å². The molecule has 0 atom stereocenters. The summed E-state index contributed by atoms with van der Waals surface area (Å²) in [6, 6.07) is 7.73. The Kier molecular flexibility index (Phi) is 3.73. The molecule has 0 aliphatic rings. The Labute approximate surface area is 120 Å². The van der Waals surface area contributed by atoms with Gasteiger partial charge in [-0.25, -0.2) is 13.4 Å². The lowest BCUT2D eigenvalue weighted by atomic mass is 9.87. The third kappa shape index (κ3) is 3.10. The standard InChI is InChI=1S/C15H20N2O2S/c1-15(2,3)13-7-5-12(6-8-13)11-20(18,19)14-16-9-10-17(14)4/h5-10H,11H2,1-4H3. The summed E-state index contributed by atoms with van der Waals surface area (Å²) in [5.74, 6) is -0.0255. The van der Waals surface area contributed by atoms with E-state index in [4.69, 9.17) is 0 Å². The summed E-state index contributed by atoms with van der Waals surface area (Å²) in [6.45, 7) is 6.39. The van der Waals surface area contributed by atoms with Crippen molar-refractivity contribution in [3.05, 3.63) is 47.8 Å². The third-order valence-electron chi connectivity index (χ3n) is 3.23. The largest absolute Gasteiger partial charge is 0.325 e. The van der Waals surface area contributed by atoms with Crippen LogP contribution in [-0.4, -0.2) is 18.0 Å². The molecule has 20 heavy (non-hydrogen) atoms. The lowest BCUT2D eigenvalue weighted by Crippen LogP contribution is -2.12. The molecular formula is C15H20N2O2S. The zero-order valence-electron chi connectivity index (χ0n) is 12.3. The molecule has 0 amide bonds. The van der Waals surface area contributed by atoms with Crippen LogP contribution in [0.1, 0.15) is 31.9 Å². The van der Waals surface area contributed by atoms with Crippen LogP contribution in [0.3, 0.4) is 0 Å². The van der Waals surface area contributed by atoms with Gasteiger partial charge in [0, 0.05) is 19.4 Å². The molecule has 108 valence electrons. The van der Waals surface area contributed by atoms with Crippen LogP contribution < -0.4 is 0 Å². The fourth-order valence-electron chi connectivity index (χ4n) is 2.04. The first-order valence-corrected chi connectivity index (χ1v) is 8.15. The maximum Gasteiger partial charge on any atom is 0.227 e. The van der Waals surface area contributed by atoms with Crippen LogP contribution in [0.4, 0.5) is 0 Å². The minimum atomic E-state index is -3.40. The number of aromatic nitrogens is 2. The van der Waals surface area contributed by atoms with Crippen molar-refractivity contribution in [1.82, 2.24) is 9.55 Å². The number of hydrogen-bond donors (Lipinski definition) is 0. The van der Waals surface area contributed by atoms with E-state index < -0.39 is 9.84 Å². The second-order valence-corrected chi connectivity index (χ2v) is 7.91. The first-order chi connectivity index (χ1) is 9.20. The molecule has 0 aliphatic carbocycles. The minimum Gasteiger partial charge on any atom is -0.325 e. The fourth-order valence-corrected chi connectivity index (χ4v) is 3.52. The first kappa shape index (κ1) is 14.8. The molecule has 2 aromatic rings. The molecule has 0 fully saturated rings. The van der Waals surface area contributed by atoms with Gasteiger partial charge in [0.05, 0.1) is 5.75 Å². The first-order valence-electron chi connectivity index (χ1n) is 6.50. The van der Waals surface area contributed by atoms with Gasteiger partial charge in [0.2, 0.25) is 15.0 Å². The highest BCUT2D eigenvalue weighted by Gasteiger charge is 2.20.